The van der Waals surface area contributed by atoms with Crippen LogP contribution in [0.2, 0.25) is 0 Å². The molecule has 0 spiro atoms. The minimum absolute atomic E-state index is 0.00768. The first-order valence-corrected chi connectivity index (χ1v) is 5.47. The average molecular weight is 182 g/mol. The molecular weight excluding hydrogens is 164 g/mol. The Labute approximate surface area is 79.7 Å². The Morgan fingerprint density at radius 3 is 2.85 bits per heavy atom. The van der Waals surface area contributed by atoms with Gasteiger partial charge in [0.1, 0.15) is 0 Å². The van der Waals surface area contributed by atoms with Crippen LogP contribution < -0.4 is 0 Å². The van der Waals surface area contributed by atoms with Crippen molar-refractivity contribution in [2.75, 3.05) is 6.61 Å². The van der Waals surface area contributed by atoms with Crippen molar-refractivity contribution >= 4 is 5.97 Å². The third kappa shape index (κ3) is 1.47. The van der Waals surface area contributed by atoms with Crippen molar-refractivity contribution in [1.82, 2.24) is 0 Å². The Morgan fingerprint density at radius 1 is 1.46 bits per heavy atom. The van der Waals surface area contributed by atoms with Crippen molar-refractivity contribution in [3.05, 3.63) is 0 Å². The fourth-order valence-corrected chi connectivity index (χ4v) is 2.44. The quantitative estimate of drug-likeness (QED) is 0.482. The Balaban J connectivity index is 1.73. The van der Waals surface area contributed by atoms with E-state index < -0.39 is 0 Å². The molecule has 0 N–H and O–H groups in total. The molecule has 2 unspecified atom stereocenters. The molecule has 2 aliphatic rings. The molecule has 1 aliphatic carbocycles. The van der Waals surface area contributed by atoms with E-state index >= 15 is 0 Å². The summed E-state index contributed by atoms with van der Waals surface area (Å²) < 4.78 is 5.04. The van der Waals surface area contributed by atoms with Gasteiger partial charge in [0.15, 0.2) is 0 Å². The normalized spacial score (nSPS) is 35.8. The highest BCUT2D eigenvalue weighted by atomic mass is 16.5. The van der Waals surface area contributed by atoms with Crippen LogP contribution >= 0.6 is 0 Å². The number of hydrogen-bond donors (Lipinski definition) is 0. The Kier molecular flexibility index (Phi) is 2.31. The highest BCUT2D eigenvalue weighted by Gasteiger charge is 2.64. The van der Waals surface area contributed by atoms with E-state index in [-0.39, 0.29) is 11.4 Å². The number of carbonyl (C=O) groups is 1. The lowest BCUT2D eigenvalue weighted by Gasteiger charge is -2.07. The minimum atomic E-state index is 0.00768. The van der Waals surface area contributed by atoms with Gasteiger partial charge in [-0.05, 0) is 12.8 Å². The number of hydrogen-bond acceptors (Lipinski definition) is 2. The van der Waals surface area contributed by atoms with E-state index in [9.17, 15) is 4.79 Å². The molecule has 0 aromatic carbocycles. The number of rotatable bonds is 5. The van der Waals surface area contributed by atoms with Crippen LogP contribution in [-0.4, -0.2) is 12.6 Å². The van der Waals surface area contributed by atoms with Crippen molar-refractivity contribution in [3.8, 4) is 0 Å². The molecule has 1 heterocycles. The summed E-state index contributed by atoms with van der Waals surface area (Å²) in [6, 6.07) is 0. The number of cyclic esters (lactones) is 1. The molecule has 13 heavy (non-hydrogen) atoms. The second kappa shape index (κ2) is 3.32. The fourth-order valence-electron chi connectivity index (χ4n) is 2.44. The zero-order chi connectivity index (χ0) is 9.31. The number of carbonyl (C=O) groups excluding carboxylic acids is 1. The summed E-state index contributed by atoms with van der Waals surface area (Å²) in [6.45, 7) is 2.91. The predicted octanol–water partition coefficient (Wildman–Crippen LogP) is 2.52. The molecule has 2 fully saturated rings. The second-order valence-electron chi connectivity index (χ2n) is 4.47. The van der Waals surface area contributed by atoms with E-state index in [0.717, 1.165) is 12.8 Å². The van der Waals surface area contributed by atoms with Crippen molar-refractivity contribution in [1.29, 1.82) is 0 Å². The van der Waals surface area contributed by atoms with E-state index in [1.807, 2.05) is 0 Å². The molecule has 2 rings (SSSR count). The van der Waals surface area contributed by atoms with Crippen LogP contribution in [0.15, 0.2) is 0 Å². The van der Waals surface area contributed by atoms with Gasteiger partial charge in [-0.1, -0.05) is 32.6 Å². The van der Waals surface area contributed by atoms with E-state index in [2.05, 4.69) is 6.92 Å². The van der Waals surface area contributed by atoms with E-state index in [0.29, 0.717) is 12.5 Å². The smallest absolute Gasteiger partial charge is 0.312 e. The third-order valence-corrected chi connectivity index (χ3v) is 3.53. The van der Waals surface area contributed by atoms with Gasteiger partial charge in [-0.25, -0.2) is 0 Å². The Hall–Kier alpha value is -0.530. The summed E-state index contributed by atoms with van der Waals surface area (Å²) in [5.41, 5.74) is 0.00768. The van der Waals surface area contributed by atoms with Gasteiger partial charge in [0.05, 0.1) is 12.0 Å². The van der Waals surface area contributed by atoms with E-state index in [1.165, 1.54) is 25.7 Å². The van der Waals surface area contributed by atoms with E-state index in [4.69, 9.17) is 4.74 Å². The fraction of sp³-hybridized carbons (Fsp3) is 0.909. The van der Waals surface area contributed by atoms with Crippen LogP contribution in [-0.2, 0) is 9.53 Å². The molecule has 1 saturated heterocycles. The largest absolute Gasteiger partial charge is 0.465 e. The zero-order valence-corrected chi connectivity index (χ0v) is 8.34. The summed E-state index contributed by atoms with van der Waals surface area (Å²) in [6.07, 6.45) is 7.24. The van der Waals surface area contributed by atoms with Crippen molar-refractivity contribution in [3.63, 3.8) is 0 Å². The lowest BCUT2D eigenvalue weighted by Crippen LogP contribution is -2.13. The molecule has 0 aromatic rings. The van der Waals surface area contributed by atoms with Crippen molar-refractivity contribution in [2.24, 2.45) is 11.3 Å². The van der Waals surface area contributed by atoms with Gasteiger partial charge in [0.2, 0.25) is 0 Å². The highest BCUT2D eigenvalue weighted by Crippen LogP contribution is 2.60. The molecule has 2 heteroatoms. The van der Waals surface area contributed by atoms with Gasteiger partial charge in [-0.15, -0.1) is 0 Å². The van der Waals surface area contributed by atoms with Gasteiger partial charge < -0.3 is 4.74 Å². The molecular formula is C11H18O2. The van der Waals surface area contributed by atoms with Gasteiger partial charge in [-0.3, -0.25) is 4.79 Å². The van der Waals surface area contributed by atoms with Gasteiger partial charge >= 0.3 is 5.97 Å². The topological polar surface area (TPSA) is 26.3 Å². The van der Waals surface area contributed by atoms with Crippen LogP contribution in [0.3, 0.4) is 0 Å². The Bertz CT molecular complexity index is 212. The molecule has 1 saturated carbocycles. The number of esters is 1. The van der Waals surface area contributed by atoms with E-state index in [1.54, 1.807) is 0 Å². The first-order chi connectivity index (χ1) is 6.29. The standard InChI is InChI=1S/C11H18O2/c1-2-3-4-5-6-11-7-9(11)8-13-10(11)12/h9H,2-8H2,1H3. The summed E-state index contributed by atoms with van der Waals surface area (Å²) in [4.78, 5) is 11.4. The summed E-state index contributed by atoms with van der Waals surface area (Å²) >= 11 is 0. The number of unbranched alkanes of at least 4 members (excludes halogenated alkanes) is 3. The SMILES string of the molecule is CCCCCCC12CC1COC2=O. The maximum absolute atomic E-state index is 11.4. The van der Waals surface area contributed by atoms with Gasteiger partial charge in [0, 0.05) is 5.92 Å². The first-order valence-electron chi connectivity index (χ1n) is 5.47. The van der Waals surface area contributed by atoms with Crippen LogP contribution in [0.1, 0.15) is 45.4 Å². The molecule has 2 nitrogen and oxygen atoms in total. The van der Waals surface area contributed by atoms with Crippen molar-refractivity contribution in [2.45, 2.75) is 45.4 Å². The first kappa shape index (κ1) is 9.04. The van der Waals surface area contributed by atoms with Crippen LogP contribution in [0.5, 0.6) is 0 Å². The summed E-state index contributed by atoms with van der Waals surface area (Å²) in [5.74, 6) is 0.677. The lowest BCUT2D eigenvalue weighted by atomic mass is 9.97. The molecule has 1 aliphatic heterocycles. The monoisotopic (exact) mass is 182 g/mol. The number of ether oxygens (including phenoxy) is 1. The van der Waals surface area contributed by atoms with Crippen LogP contribution in [0.25, 0.3) is 0 Å². The summed E-state index contributed by atoms with van der Waals surface area (Å²) in [7, 11) is 0. The van der Waals surface area contributed by atoms with Gasteiger partial charge in [0.25, 0.3) is 0 Å². The molecule has 0 amide bonds. The summed E-state index contributed by atoms with van der Waals surface area (Å²) in [5, 5.41) is 0. The maximum atomic E-state index is 11.4. The third-order valence-electron chi connectivity index (χ3n) is 3.53. The predicted molar refractivity (Wildman–Crippen MR) is 50.3 cm³/mol. The lowest BCUT2D eigenvalue weighted by molar-refractivity contribution is -0.145. The van der Waals surface area contributed by atoms with Crippen LogP contribution in [0, 0.1) is 11.3 Å². The van der Waals surface area contributed by atoms with Crippen molar-refractivity contribution < 1.29 is 9.53 Å². The molecule has 0 bridgehead atoms. The molecule has 2 atom stereocenters. The zero-order valence-electron chi connectivity index (χ0n) is 8.34. The molecule has 0 radical (unpaired) electrons. The second-order valence-corrected chi connectivity index (χ2v) is 4.47. The molecule has 0 aromatic heterocycles. The Morgan fingerprint density at radius 2 is 2.31 bits per heavy atom. The number of fused-ring (bicyclic) bond motifs is 1. The van der Waals surface area contributed by atoms with Gasteiger partial charge in [-0.2, -0.15) is 0 Å². The minimum Gasteiger partial charge on any atom is -0.465 e. The average Bonchev–Trinajstić information content (AvgIpc) is 2.77. The van der Waals surface area contributed by atoms with Crippen LogP contribution in [0.4, 0.5) is 0 Å². The molecule has 74 valence electrons. The maximum Gasteiger partial charge on any atom is 0.312 e. The highest BCUT2D eigenvalue weighted by molar-refractivity contribution is 5.83.